The van der Waals surface area contributed by atoms with Crippen LogP contribution in [-0.2, 0) is 14.8 Å². The zero-order chi connectivity index (χ0) is 15.3. The molecule has 2 rings (SSSR count). The molecule has 1 atom stereocenters. The highest BCUT2D eigenvalue weighted by Crippen LogP contribution is 2.70. The zero-order valence-corrected chi connectivity index (χ0v) is 15.5. The minimum absolute atomic E-state index is 0.457. The first-order valence-electron chi connectivity index (χ1n) is 7.13. The zero-order valence-electron chi connectivity index (χ0n) is 12.2. The Balaban J connectivity index is 2.01. The standard InChI is InChI=1S/C13H20ClN2O2PS2/c1-3-7-20-19(17,18-4-2)21-9-11-8-12(14)16-13(15-11)10-5-6-10/h8,10H,3-7,9H2,1-2H3. The fraction of sp³-hybridized carbons (Fsp3) is 0.692. The van der Waals surface area contributed by atoms with Crippen molar-refractivity contribution in [3.05, 3.63) is 22.7 Å². The van der Waals surface area contributed by atoms with Gasteiger partial charge in [0, 0.05) is 17.4 Å². The predicted molar refractivity (Wildman–Crippen MR) is 92.3 cm³/mol. The molecule has 0 saturated heterocycles. The Morgan fingerprint density at radius 1 is 1.38 bits per heavy atom. The summed E-state index contributed by atoms with van der Waals surface area (Å²) in [5.74, 6) is -0.0532. The molecule has 4 nitrogen and oxygen atoms in total. The molecule has 1 aliphatic rings. The minimum Gasteiger partial charge on any atom is -0.314 e. The van der Waals surface area contributed by atoms with Crippen LogP contribution in [0.1, 0.15) is 50.5 Å². The topological polar surface area (TPSA) is 52.1 Å². The van der Waals surface area contributed by atoms with Crippen molar-refractivity contribution >= 4 is 40.1 Å². The summed E-state index contributed by atoms with van der Waals surface area (Å²) < 4.78 is 18.2. The second kappa shape index (κ2) is 8.21. The van der Waals surface area contributed by atoms with Gasteiger partial charge in [0.25, 0.3) is 0 Å². The Bertz CT molecular complexity index is 529. The molecule has 118 valence electrons. The van der Waals surface area contributed by atoms with Crippen LogP contribution in [0.4, 0.5) is 0 Å². The van der Waals surface area contributed by atoms with E-state index in [1.807, 2.05) is 6.92 Å². The molecular formula is C13H20ClN2O2PS2. The molecule has 1 saturated carbocycles. The first-order chi connectivity index (χ1) is 10.1. The van der Waals surface area contributed by atoms with Gasteiger partial charge >= 0.3 is 5.77 Å². The van der Waals surface area contributed by atoms with E-state index in [4.69, 9.17) is 16.1 Å². The first kappa shape index (κ1) is 17.6. The van der Waals surface area contributed by atoms with E-state index in [1.165, 1.54) is 22.8 Å². The van der Waals surface area contributed by atoms with Crippen LogP contribution in [0, 0.1) is 0 Å². The summed E-state index contributed by atoms with van der Waals surface area (Å²) in [7, 11) is 0. The summed E-state index contributed by atoms with van der Waals surface area (Å²) in [6, 6.07) is 1.75. The van der Waals surface area contributed by atoms with Crippen molar-refractivity contribution in [1.29, 1.82) is 0 Å². The van der Waals surface area contributed by atoms with Gasteiger partial charge in [0.1, 0.15) is 11.0 Å². The third kappa shape index (κ3) is 5.76. The molecular weight excluding hydrogens is 347 g/mol. The normalized spacial score (nSPS) is 17.7. The Kier molecular flexibility index (Phi) is 6.88. The first-order valence-corrected chi connectivity index (χ1v) is 12.3. The Morgan fingerprint density at radius 2 is 2.14 bits per heavy atom. The highest BCUT2D eigenvalue weighted by atomic mass is 35.5. The average molecular weight is 367 g/mol. The molecule has 1 aromatic heterocycles. The smallest absolute Gasteiger partial charge is 0.313 e. The Labute approximate surface area is 139 Å². The molecule has 0 amide bonds. The molecule has 0 bridgehead atoms. The van der Waals surface area contributed by atoms with E-state index < -0.39 is 5.77 Å². The number of aromatic nitrogens is 2. The average Bonchev–Trinajstić information content (AvgIpc) is 3.28. The van der Waals surface area contributed by atoms with Crippen molar-refractivity contribution < 1.29 is 9.09 Å². The molecule has 0 radical (unpaired) electrons. The highest BCUT2D eigenvalue weighted by molar-refractivity contribution is 8.89. The lowest BCUT2D eigenvalue weighted by molar-refractivity contribution is 0.357. The van der Waals surface area contributed by atoms with E-state index in [0.717, 1.165) is 36.5 Å². The van der Waals surface area contributed by atoms with Gasteiger partial charge in [-0.3, -0.25) is 4.57 Å². The van der Waals surface area contributed by atoms with E-state index in [-0.39, 0.29) is 0 Å². The maximum atomic E-state index is 12.7. The molecule has 8 heteroatoms. The van der Waals surface area contributed by atoms with Crippen LogP contribution >= 0.6 is 40.1 Å². The van der Waals surface area contributed by atoms with Crippen LogP contribution in [-0.4, -0.2) is 22.3 Å². The van der Waals surface area contributed by atoms with Crippen LogP contribution in [0.25, 0.3) is 0 Å². The quantitative estimate of drug-likeness (QED) is 0.423. The fourth-order valence-electron chi connectivity index (χ4n) is 1.70. The highest BCUT2D eigenvalue weighted by Gasteiger charge is 2.28. The Morgan fingerprint density at radius 3 is 2.76 bits per heavy atom. The minimum atomic E-state index is -2.71. The molecule has 1 aliphatic carbocycles. The molecule has 0 aliphatic heterocycles. The summed E-state index contributed by atoms with van der Waals surface area (Å²) >= 11 is 8.80. The molecule has 0 aromatic carbocycles. The van der Waals surface area contributed by atoms with E-state index in [9.17, 15) is 4.57 Å². The second-order valence-electron chi connectivity index (χ2n) is 4.79. The van der Waals surface area contributed by atoms with Gasteiger partial charge in [0.2, 0.25) is 0 Å². The van der Waals surface area contributed by atoms with Gasteiger partial charge in [-0.15, -0.1) is 0 Å². The van der Waals surface area contributed by atoms with Gasteiger partial charge in [-0.25, -0.2) is 9.97 Å². The van der Waals surface area contributed by atoms with Gasteiger partial charge in [0.05, 0.1) is 12.3 Å². The van der Waals surface area contributed by atoms with Crippen LogP contribution in [0.2, 0.25) is 5.15 Å². The van der Waals surface area contributed by atoms with E-state index in [2.05, 4.69) is 16.9 Å². The van der Waals surface area contributed by atoms with Crippen LogP contribution in [0.5, 0.6) is 0 Å². The summed E-state index contributed by atoms with van der Waals surface area (Å²) in [6.07, 6.45) is 3.25. The molecule has 1 fully saturated rings. The maximum Gasteiger partial charge on any atom is 0.313 e. The molecule has 0 spiro atoms. The van der Waals surface area contributed by atoms with Crippen molar-refractivity contribution in [2.75, 3.05) is 12.4 Å². The molecule has 1 aromatic rings. The van der Waals surface area contributed by atoms with Gasteiger partial charge in [-0.05, 0) is 32.3 Å². The summed E-state index contributed by atoms with van der Waals surface area (Å²) in [6.45, 7) is 4.39. The summed E-state index contributed by atoms with van der Waals surface area (Å²) in [5.41, 5.74) is 0.832. The lowest BCUT2D eigenvalue weighted by atomic mass is 10.3. The molecule has 0 N–H and O–H groups in total. The Hall–Kier alpha value is 0.260. The number of rotatable bonds is 9. The monoisotopic (exact) mass is 366 g/mol. The number of nitrogens with zero attached hydrogens (tertiary/aromatic N) is 2. The van der Waals surface area contributed by atoms with Crippen LogP contribution < -0.4 is 0 Å². The van der Waals surface area contributed by atoms with E-state index in [0.29, 0.717) is 23.4 Å². The van der Waals surface area contributed by atoms with Crippen LogP contribution in [0.3, 0.4) is 0 Å². The van der Waals surface area contributed by atoms with Gasteiger partial charge in [0.15, 0.2) is 0 Å². The van der Waals surface area contributed by atoms with Crippen molar-refractivity contribution in [3.8, 4) is 0 Å². The maximum absolute atomic E-state index is 12.7. The lowest BCUT2D eigenvalue weighted by Gasteiger charge is -2.15. The molecule has 1 unspecified atom stereocenters. The summed E-state index contributed by atoms with van der Waals surface area (Å²) in [5, 5.41) is 0.468. The third-order valence-corrected chi connectivity index (χ3v) is 10.6. The summed E-state index contributed by atoms with van der Waals surface area (Å²) in [4.78, 5) is 8.80. The molecule has 1 heterocycles. The fourth-order valence-corrected chi connectivity index (χ4v) is 8.51. The number of hydrogen-bond acceptors (Lipinski definition) is 6. The predicted octanol–water partition coefficient (Wildman–Crippen LogP) is 5.53. The third-order valence-electron chi connectivity index (χ3n) is 2.82. The van der Waals surface area contributed by atoms with Crippen molar-refractivity contribution in [1.82, 2.24) is 9.97 Å². The number of hydrogen-bond donors (Lipinski definition) is 0. The SMILES string of the molecule is CCCSP(=O)(OCC)SCc1cc(Cl)nc(C2CC2)n1. The van der Waals surface area contributed by atoms with Crippen LogP contribution in [0.15, 0.2) is 6.07 Å². The molecule has 21 heavy (non-hydrogen) atoms. The lowest BCUT2D eigenvalue weighted by Crippen LogP contribution is -1.97. The largest absolute Gasteiger partial charge is 0.314 e. The van der Waals surface area contributed by atoms with Gasteiger partial charge in [-0.1, -0.05) is 41.3 Å². The van der Waals surface area contributed by atoms with E-state index >= 15 is 0 Å². The van der Waals surface area contributed by atoms with Gasteiger partial charge < -0.3 is 4.52 Å². The van der Waals surface area contributed by atoms with E-state index in [1.54, 1.807) is 6.07 Å². The van der Waals surface area contributed by atoms with Crippen molar-refractivity contribution in [2.45, 2.75) is 44.8 Å². The number of halogens is 1. The second-order valence-corrected chi connectivity index (χ2v) is 12.7. The van der Waals surface area contributed by atoms with Crippen molar-refractivity contribution in [2.24, 2.45) is 0 Å². The van der Waals surface area contributed by atoms with Gasteiger partial charge in [-0.2, -0.15) is 0 Å². The van der Waals surface area contributed by atoms with Crippen molar-refractivity contribution in [3.63, 3.8) is 0 Å².